The standard InChI is InChI=1S/C68H121NO13/c1-3-5-7-9-11-13-15-17-19-21-23-24-25-26-27-28-29-30-31-32-34-35-37-39-41-43-45-47-49-51-57(72)56(69-60(73)52-50-48-46-44-42-40-38-36-33-22-20-18-16-14-12-10-8-6-4-2)55-79-67-65(78)63(76)66(59(54-71)81-67)82-68-64(77)62(75)61(74)58(53-70)80-68/h12,14,18,20,33-36,41,43,49,51,56-59,61-68,70-72,74-78H,3-11,13,15-17,19,21-32,37-40,42,44-48,50,52-55H2,1-2H3,(H,69,73)/b14-12-,20-18-,35-34+,36-33-,43-41+,51-49+. The van der Waals surface area contributed by atoms with Crippen LogP contribution in [0.5, 0.6) is 0 Å². The predicted molar refractivity (Wildman–Crippen MR) is 332 cm³/mol. The van der Waals surface area contributed by atoms with Crippen molar-refractivity contribution in [2.24, 2.45) is 0 Å². The van der Waals surface area contributed by atoms with Gasteiger partial charge in [-0.25, -0.2) is 0 Å². The number of allylic oxidation sites excluding steroid dienone is 11. The van der Waals surface area contributed by atoms with Gasteiger partial charge in [-0.15, -0.1) is 0 Å². The second kappa shape index (κ2) is 52.7. The van der Waals surface area contributed by atoms with Crippen molar-refractivity contribution >= 4 is 5.91 Å². The van der Waals surface area contributed by atoms with Crippen LogP contribution in [0, 0.1) is 0 Å². The molecule has 14 heteroatoms. The van der Waals surface area contributed by atoms with Gasteiger partial charge < -0.3 is 65.1 Å². The second-order valence-corrected chi connectivity index (χ2v) is 23.2. The monoisotopic (exact) mass is 1160 g/mol. The van der Waals surface area contributed by atoms with Crippen molar-refractivity contribution in [2.45, 2.75) is 331 Å². The Balaban J connectivity index is 1.74. The van der Waals surface area contributed by atoms with Crippen LogP contribution in [-0.4, -0.2) is 140 Å². The third-order valence-corrected chi connectivity index (χ3v) is 15.8. The van der Waals surface area contributed by atoms with Crippen molar-refractivity contribution in [3.63, 3.8) is 0 Å². The quantitative estimate of drug-likeness (QED) is 0.0204. The number of hydrogen-bond donors (Lipinski definition) is 9. The van der Waals surface area contributed by atoms with Crippen LogP contribution < -0.4 is 5.32 Å². The molecule has 0 radical (unpaired) electrons. The number of hydrogen-bond acceptors (Lipinski definition) is 13. The smallest absolute Gasteiger partial charge is 0.220 e. The van der Waals surface area contributed by atoms with Crippen LogP contribution >= 0.6 is 0 Å². The maximum atomic E-state index is 13.3. The SMILES string of the molecule is CCCCC/C=C\C/C=C\C/C=C\CCCCCCCCC(=O)NC(COC1OC(CO)C(OC2OC(CO)C(O)C(O)C2O)C(O)C1O)C(O)/C=C/CC/C=C/CC/C=C/CCCCCCCCCCCCCCCCCCCCC. The van der Waals surface area contributed by atoms with E-state index in [1.54, 1.807) is 6.08 Å². The molecule has 82 heavy (non-hydrogen) atoms. The molecule has 476 valence electrons. The van der Waals surface area contributed by atoms with E-state index in [1.165, 1.54) is 148 Å². The summed E-state index contributed by atoms with van der Waals surface area (Å²) >= 11 is 0. The number of aliphatic hydroxyl groups is 8. The lowest BCUT2D eigenvalue weighted by atomic mass is 9.97. The van der Waals surface area contributed by atoms with Gasteiger partial charge in [-0.05, 0) is 83.5 Å². The lowest BCUT2D eigenvalue weighted by Gasteiger charge is -2.46. The Hall–Kier alpha value is -2.57. The average molecular weight is 1160 g/mol. The van der Waals surface area contributed by atoms with E-state index in [-0.39, 0.29) is 18.9 Å². The molecule has 2 saturated heterocycles. The van der Waals surface area contributed by atoms with Crippen LogP contribution in [0.3, 0.4) is 0 Å². The molecule has 2 heterocycles. The van der Waals surface area contributed by atoms with Gasteiger partial charge in [0.2, 0.25) is 5.91 Å². The van der Waals surface area contributed by atoms with Crippen molar-refractivity contribution in [1.82, 2.24) is 5.32 Å². The molecule has 0 saturated carbocycles. The molecule has 0 spiro atoms. The summed E-state index contributed by atoms with van der Waals surface area (Å²) in [5.74, 6) is -0.267. The summed E-state index contributed by atoms with van der Waals surface area (Å²) in [6.07, 6.45) is 53.8. The van der Waals surface area contributed by atoms with Crippen molar-refractivity contribution < 1.29 is 64.6 Å². The molecule has 2 aliphatic heterocycles. The Bertz CT molecular complexity index is 1650. The zero-order chi connectivity index (χ0) is 59.5. The molecule has 0 aromatic rings. The third kappa shape index (κ3) is 37.1. The summed E-state index contributed by atoms with van der Waals surface area (Å²) in [5.41, 5.74) is 0. The molecule has 2 aliphatic rings. The van der Waals surface area contributed by atoms with Crippen LogP contribution in [0.4, 0.5) is 0 Å². The molecule has 2 rings (SSSR count). The first-order chi connectivity index (χ1) is 40.1. The number of carbonyl (C=O) groups excluding carboxylic acids is 1. The largest absolute Gasteiger partial charge is 0.394 e. The zero-order valence-electron chi connectivity index (χ0n) is 51.5. The Labute approximate surface area is 498 Å². The lowest BCUT2D eigenvalue weighted by molar-refractivity contribution is -0.359. The van der Waals surface area contributed by atoms with Crippen molar-refractivity contribution in [3.8, 4) is 0 Å². The Morgan fingerprint density at radius 2 is 0.817 bits per heavy atom. The van der Waals surface area contributed by atoms with Crippen LogP contribution in [0.2, 0.25) is 0 Å². The summed E-state index contributed by atoms with van der Waals surface area (Å²) in [6, 6.07) is -0.950. The molecule has 9 N–H and O–H groups in total. The minimum atomic E-state index is -1.80. The zero-order valence-corrected chi connectivity index (χ0v) is 51.5. The van der Waals surface area contributed by atoms with Gasteiger partial charge in [0, 0.05) is 6.42 Å². The highest BCUT2D eigenvalue weighted by atomic mass is 16.7. The molecule has 0 bridgehead atoms. The fourth-order valence-electron chi connectivity index (χ4n) is 10.5. The van der Waals surface area contributed by atoms with Gasteiger partial charge in [0.15, 0.2) is 12.6 Å². The molecule has 1 amide bonds. The maximum absolute atomic E-state index is 13.3. The number of carbonyl (C=O) groups is 1. The molecule has 2 fully saturated rings. The number of ether oxygens (including phenoxy) is 4. The van der Waals surface area contributed by atoms with E-state index in [0.29, 0.717) is 12.8 Å². The minimum Gasteiger partial charge on any atom is -0.394 e. The van der Waals surface area contributed by atoms with Gasteiger partial charge in [0.05, 0.1) is 32.0 Å². The van der Waals surface area contributed by atoms with Gasteiger partial charge in [0.1, 0.15) is 48.8 Å². The topological polar surface area (TPSA) is 228 Å². The number of amides is 1. The molecule has 0 aromatic heterocycles. The highest BCUT2D eigenvalue weighted by Gasteiger charge is 2.51. The first-order valence-corrected chi connectivity index (χ1v) is 33.2. The number of aliphatic hydroxyl groups excluding tert-OH is 8. The van der Waals surface area contributed by atoms with E-state index in [4.69, 9.17) is 18.9 Å². The van der Waals surface area contributed by atoms with E-state index in [9.17, 15) is 45.6 Å². The molecule has 0 aliphatic carbocycles. The molecule has 12 atom stereocenters. The third-order valence-electron chi connectivity index (χ3n) is 15.8. The predicted octanol–water partition coefficient (Wildman–Crippen LogP) is 12.7. The Morgan fingerprint density at radius 3 is 1.30 bits per heavy atom. The first-order valence-electron chi connectivity index (χ1n) is 33.2. The summed E-state index contributed by atoms with van der Waals surface area (Å²) in [7, 11) is 0. The molecule has 0 aromatic carbocycles. The number of rotatable bonds is 53. The number of unbranched alkanes of at least 4 members (excludes halogenated alkanes) is 30. The molecular formula is C68H121NO13. The summed E-state index contributed by atoms with van der Waals surface area (Å²) < 4.78 is 22.8. The van der Waals surface area contributed by atoms with Gasteiger partial charge >= 0.3 is 0 Å². The van der Waals surface area contributed by atoms with Gasteiger partial charge in [-0.1, -0.05) is 241 Å². The maximum Gasteiger partial charge on any atom is 0.220 e. The molecular weight excluding hydrogens is 1040 g/mol. The normalized spacial score (nSPS) is 24.4. The van der Waals surface area contributed by atoms with Crippen LogP contribution in [-0.2, 0) is 23.7 Å². The first kappa shape index (κ1) is 75.5. The van der Waals surface area contributed by atoms with E-state index in [2.05, 4.69) is 79.9 Å². The summed E-state index contributed by atoms with van der Waals surface area (Å²) in [5, 5.41) is 87.2. The highest BCUT2D eigenvalue weighted by molar-refractivity contribution is 5.76. The Kier molecular flexibility index (Phi) is 48.6. The second-order valence-electron chi connectivity index (χ2n) is 23.2. The van der Waals surface area contributed by atoms with Crippen LogP contribution in [0.15, 0.2) is 72.9 Å². The van der Waals surface area contributed by atoms with E-state index in [1.807, 2.05) is 6.08 Å². The van der Waals surface area contributed by atoms with Crippen LogP contribution in [0.25, 0.3) is 0 Å². The van der Waals surface area contributed by atoms with E-state index < -0.39 is 86.8 Å². The summed E-state index contributed by atoms with van der Waals surface area (Å²) in [6.45, 7) is 2.75. The van der Waals surface area contributed by atoms with Crippen molar-refractivity contribution in [1.29, 1.82) is 0 Å². The lowest BCUT2D eigenvalue weighted by Crippen LogP contribution is -2.65. The van der Waals surface area contributed by atoms with Gasteiger partial charge in [-0.3, -0.25) is 4.79 Å². The van der Waals surface area contributed by atoms with E-state index >= 15 is 0 Å². The fraction of sp³-hybridized carbons (Fsp3) is 0.809. The molecule has 14 nitrogen and oxygen atoms in total. The fourth-order valence-corrected chi connectivity index (χ4v) is 10.5. The van der Waals surface area contributed by atoms with E-state index in [0.717, 1.165) is 77.0 Å². The summed E-state index contributed by atoms with van der Waals surface area (Å²) in [4.78, 5) is 13.3. The van der Waals surface area contributed by atoms with Crippen molar-refractivity contribution in [3.05, 3.63) is 72.9 Å². The van der Waals surface area contributed by atoms with Crippen molar-refractivity contribution in [2.75, 3.05) is 19.8 Å². The van der Waals surface area contributed by atoms with Gasteiger partial charge in [0.25, 0.3) is 0 Å². The average Bonchev–Trinajstić information content (AvgIpc) is 3.67. The minimum absolute atomic E-state index is 0.252. The van der Waals surface area contributed by atoms with Gasteiger partial charge in [-0.2, -0.15) is 0 Å². The van der Waals surface area contributed by atoms with Crippen LogP contribution in [0.1, 0.15) is 258 Å². The Morgan fingerprint density at radius 1 is 0.439 bits per heavy atom. The molecule has 12 unspecified atom stereocenters. The highest BCUT2D eigenvalue weighted by Crippen LogP contribution is 2.30. The number of nitrogens with one attached hydrogen (secondary N) is 1.